The zero-order valence-electron chi connectivity index (χ0n) is 9.77. The van der Waals surface area contributed by atoms with E-state index in [-0.39, 0.29) is 0 Å². The number of hydrogen-bond acceptors (Lipinski definition) is 2. The zero-order valence-corrected chi connectivity index (χ0v) is 10.5. The molecule has 2 aromatic rings. The van der Waals surface area contributed by atoms with E-state index in [0.29, 0.717) is 12.5 Å². The Balaban J connectivity index is 2.04. The molecule has 1 aromatic carbocycles. The largest absolute Gasteiger partial charge is 0.477 e. The predicted molar refractivity (Wildman–Crippen MR) is 69.0 cm³/mol. The molecule has 0 radical (unpaired) electrons. The van der Waals surface area contributed by atoms with E-state index in [0.717, 1.165) is 23.6 Å². The van der Waals surface area contributed by atoms with Gasteiger partial charge in [0.05, 0.1) is 12.8 Å². The molecule has 1 aromatic heterocycles. The first-order valence-corrected chi connectivity index (χ1v) is 6.10. The van der Waals surface area contributed by atoms with Gasteiger partial charge in [-0.3, -0.25) is 0 Å². The van der Waals surface area contributed by atoms with Crippen LogP contribution < -0.4 is 4.74 Å². The molecule has 0 saturated carbocycles. The predicted octanol–water partition coefficient (Wildman–Crippen LogP) is 3.70. The second kappa shape index (κ2) is 5.73. The molecule has 3 nitrogen and oxygen atoms in total. The van der Waals surface area contributed by atoms with Crippen molar-refractivity contribution in [1.29, 1.82) is 0 Å². The summed E-state index contributed by atoms with van der Waals surface area (Å²) >= 11 is 5.84. The second-order valence-corrected chi connectivity index (χ2v) is 4.23. The van der Waals surface area contributed by atoms with E-state index in [1.807, 2.05) is 35.0 Å². The van der Waals surface area contributed by atoms with Gasteiger partial charge in [0.1, 0.15) is 6.33 Å². The van der Waals surface area contributed by atoms with Gasteiger partial charge in [-0.2, -0.15) is 0 Å². The number of rotatable bonds is 5. The van der Waals surface area contributed by atoms with Crippen molar-refractivity contribution >= 4 is 11.6 Å². The molecule has 0 spiro atoms. The standard InChI is InChI=1S/C13H15ClN2O/c1-2-3-8-17-13-9-16(10-15-13)12-6-4-11(14)5-7-12/h4-7,9-10H,2-3,8H2,1H3. The smallest absolute Gasteiger partial charge is 0.232 e. The summed E-state index contributed by atoms with van der Waals surface area (Å²) in [6, 6.07) is 7.60. The molecule has 1 heterocycles. The van der Waals surface area contributed by atoms with E-state index in [2.05, 4.69) is 11.9 Å². The number of imidazole rings is 1. The molecule has 0 amide bonds. The van der Waals surface area contributed by atoms with Crippen molar-refractivity contribution < 1.29 is 4.74 Å². The molecule has 0 bridgehead atoms. The Bertz CT molecular complexity index is 465. The lowest BCUT2D eigenvalue weighted by Gasteiger charge is -2.01. The number of ether oxygens (including phenoxy) is 1. The van der Waals surface area contributed by atoms with Gasteiger partial charge in [0.2, 0.25) is 5.88 Å². The van der Waals surface area contributed by atoms with Gasteiger partial charge in [0.25, 0.3) is 0 Å². The fraction of sp³-hybridized carbons (Fsp3) is 0.308. The minimum atomic E-state index is 0.661. The third-order valence-corrected chi connectivity index (χ3v) is 2.68. The molecule has 2 rings (SSSR count). The Morgan fingerprint density at radius 2 is 2.06 bits per heavy atom. The van der Waals surface area contributed by atoms with Crippen molar-refractivity contribution in [1.82, 2.24) is 9.55 Å². The Hall–Kier alpha value is -1.48. The molecule has 0 aliphatic rings. The van der Waals surface area contributed by atoms with E-state index < -0.39 is 0 Å². The van der Waals surface area contributed by atoms with Crippen LogP contribution in [0.3, 0.4) is 0 Å². The van der Waals surface area contributed by atoms with Crippen LogP contribution in [0.25, 0.3) is 5.69 Å². The van der Waals surface area contributed by atoms with Gasteiger partial charge in [-0.25, -0.2) is 4.98 Å². The van der Waals surface area contributed by atoms with Crippen LogP contribution >= 0.6 is 11.6 Å². The third-order valence-electron chi connectivity index (χ3n) is 2.43. The minimum Gasteiger partial charge on any atom is -0.477 e. The second-order valence-electron chi connectivity index (χ2n) is 3.80. The van der Waals surface area contributed by atoms with E-state index in [1.165, 1.54) is 0 Å². The lowest BCUT2D eigenvalue weighted by atomic mass is 10.3. The highest BCUT2D eigenvalue weighted by Crippen LogP contribution is 2.16. The molecular formula is C13H15ClN2O. The highest BCUT2D eigenvalue weighted by molar-refractivity contribution is 6.30. The van der Waals surface area contributed by atoms with E-state index in [4.69, 9.17) is 16.3 Å². The summed E-state index contributed by atoms with van der Waals surface area (Å²) in [7, 11) is 0. The van der Waals surface area contributed by atoms with Crippen LogP contribution in [0.4, 0.5) is 0 Å². The summed E-state index contributed by atoms with van der Waals surface area (Å²) in [5.41, 5.74) is 1.02. The molecule has 0 atom stereocenters. The average molecular weight is 251 g/mol. The third kappa shape index (κ3) is 3.24. The summed E-state index contributed by atoms with van der Waals surface area (Å²) in [5.74, 6) is 0.661. The normalized spacial score (nSPS) is 10.5. The summed E-state index contributed by atoms with van der Waals surface area (Å²) < 4.78 is 7.43. The summed E-state index contributed by atoms with van der Waals surface area (Å²) in [4.78, 5) is 4.19. The monoisotopic (exact) mass is 250 g/mol. The first kappa shape index (κ1) is 12.0. The van der Waals surface area contributed by atoms with Gasteiger partial charge in [-0.1, -0.05) is 24.9 Å². The number of benzene rings is 1. The van der Waals surface area contributed by atoms with Crippen molar-refractivity contribution in [2.75, 3.05) is 6.61 Å². The summed E-state index contributed by atoms with van der Waals surface area (Å²) in [5, 5.41) is 0.730. The Labute approximate surface area is 106 Å². The molecule has 4 heteroatoms. The van der Waals surface area contributed by atoms with Crippen molar-refractivity contribution in [2.45, 2.75) is 19.8 Å². The van der Waals surface area contributed by atoms with Crippen molar-refractivity contribution in [3.05, 3.63) is 41.8 Å². The maximum atomic E-state index is 5.84. The van der Waals surface area contributed by atoms with Crippen LogP contribution in [0.5, 0.6) is 5.88 Å². The van der Waals surface area contributed by atoms with Crippen LogP contribution in [0.2, 0.25) is 5.02 Å². The first-order valence-electron chi connectivity index (χ1n) is 5.72. The molecule has 0 N–H and O–H groups in total. The Kier molecular flexibility index (Phi) is 4.04. The first-order chi connectivity index (χ1) is 8.29. The lowest BCUT2D eigenvalue weighted by molar-refractivity contribution is 0.299. The molecule has 0 unspecified atom stereocenters. The number of aromatic nitrogens is 2. The van der Waals surface area contributed by atoms with E-state index >= 15 is 0 Å². The maximum Gasteiger partial charge on any atom is 0.232 e. The van der Waals surface area contributed by atoms with Gasteiger partial charge in [-0.05, 0) is 30.7 Å². The summed E-state index contributed by atoms with van der Waals surface area (Å²) in [6.45, 7) is 2.85. The fourth-order valence-corrected chi connectivity index (χ4v) is 1.58. The SMILES string of the molecule is CCCCOc1cn(-c2ccc(Cl)cc2)cn1. The van der Waals surface area contributed by atoms with Crippen LogP contribution in [0.1, 0.15) is 19.8 Å². The van der Waals surface area contributed by atoms with Gasteiger partial charge in [-0.15, -0.1) is 0 Å². The Morgan fingerprint density at radius 3 is 2.76 bits per heavy atom. The highest BCUT2D eigenvalue weighted by Gasteiger charge is 2.01. The molecule has 90 valence electrons. The van der Waals surface area contributed by atoms with Gasteiger partial charge in [0, 0.05) is 10.7 Å². The summed E-state index contributed by atoms with van der Waals surface area (Å²) in [6.07, 6.45) is 5.79. The van der Waals surface area contributed by atoms with E-state index in [1.54, 1.807) is 6.33 Å². The number of halogens is 1. The van der Waals surface area contributed by atoms with Gasteiger partial charge >= 0.3 is 0 Å². The molecule has 0 aliphatic carbocycles. The quantitative estimate of drug-likeness (QED) is 0.757. The fourth-order valence-electron chi connectivity index (χ4n) is 1.45. The molecule has 0 saturated heterocycles. The molecule has 0 aliphatic heterocycles. The number of hydrogen-bond donors (Lipinski definition) is 0. The van der Waals surface area contributed by atoms with Crippen molar-refractivity contribution in [3.8, 4) is 11.6 Å². The average Bonchev–Trinajstić information content (AvgIpc) is 2.79. The molecule has 17 heavy (non-hydrogen) atoms. The topological polar surface area (TPSA) is 27.1 Å². The highest BCUT2D eigenvalue weighted by atomic mass is 35.5. The van der Waals surface area contributed by atoms with E-state index in [9.17, 15) is 0 Å². The number of unbranched alkanes of at least 4 members (excludes halogenated alkanes) is 1. The molecule has 0 fully saturated rings. The Morgan fingerprint density at radius 1 is 1.29 bits per heavy atom. The van der Waals surface area contributed by atoms with Crippen LogP contribution in [0.15, 0.2) is 36.8 Å². The van der Waals surface area contributed by atoms with Crippen molar-refractivity contribution in [2.24, 2.45) is 0 Å². The van der Waals surface area contributed by atoms with Crippen LogP contribution in [-0.4, -0.2) is 16.2 Å². The van der Waals surface area contributed by atoms with Crippen LogP contribution in [-0.2, 0) is 0 Å². The van der Waals surface area contributed by atoms with Gasteiger partial charge in [0.15, 0.2) is 0 Å². The van der Waals surface area contributed by atoms with Crippen LogP contribution in [0, 0.1) is 0 Å². The van der Waals surface area contributed by atoms with Crippen molar-refractivity contribution in [3.63, 3.8) is 0 Å². The molecular weight excluding hydrogens is 236 g/mol. The number of nitrogens with zero attached hydrogens (tertiary/aromatic N) is 2. The lowest BCUT2D eigenvalue weighted by Crippen LogP contribution is -1.96. The maximum absolute atomic E-state index is 5.84. The van der Waals surface area contributed by atoms with Gasteiger partial charge < -0.3 is 9.30 Å². The zero-order chi connectivity index (χ0) is 12.1. The minimum absolute atomic E-state index is 0.661.